The van der Waals surface area contributed by atoms with E-state index in [4.69, 9.17) is 9.94 Å². The number of benzene rings is 2. The molecule has 1 amide bonds. The zero-order chi connectivity index (χ0) is 24.1. The summed E-state index contributed by atoms with van der Waals surface area (Å²) < 4.78 is 34.0. The van der Waals surface area contributed by atoms with Gasteiger partial charge in [-0.2, -0.15) is 4.31 Å². The van der Waals surface area contributed by atoms with E-state index >= 15 is 0 Å². The number of nitrogens with zero attached hydrogens (tertiary/aromatic N) is 4. The maximum absolute atomic E-state index is 13.6. The van der Waals surface area contributed by atoms with Crippen LogP contribution in [0.25, 0.3) is 10.8 Å². The molecule has 0 atom stereocenters. The number of carbonyl (C=O) groups is 1. The number of piperidine rings is 1. The van der Waals surface area contributed by atoms with Gasteiger partial charge in [-0.1, -0.05) is 30.3 Å². The Labute approximate surface area is 198 Å². The van der Waals surface area contributed by atoms with E-state index < -0.39 is 15.9 Å². The Balaban J connectivity index is 1.51. The molecule has 0 unspecified atom stereocenters. The van der Waals surface area contributed by atoms with Crippen molar-refractivity contribution in [1.29, 1.82) is 0 Å². The lowest BCUT2D eigenvalue weighted by atomic mass is 10.1. The standard InChI is InChI=1S/C23H27N5O5S/c1-33-13-12-28(34(31,32)21-7-6-17-4-2-3-5-18(17)14-21)20-8-10-27(11-9-20)23-24-15-19(16-25-23)22(29)26-30/h2-7,14-16,20,30H,8-13H2,1H3,(H,26,29). The summed E-state index contributed by atoms with van der Waals surface area (Å²) in [6, 6.07) is 12.7. The Bertz CT molecular complexity index is 1240. The normalized spacial score (nSPS) is 15.1. The molecule has 11 heteroatoms. The molecule has 10 nitrogen and oxygen atoms in total. The number of methoxy groups -OCH3 is 1. The molecule has 0 spiro atoms. The van der Waals surface area contributed by atoms with Crippen LogP contribution < -0.4 is 10.4 Å². The predicted molar refractivity (Wildman–Crippen MR) is 126 cm³/mol. The summed E-state index contributed by atoms with van der Waals surface area (Å²) in [5.74, 6) is -0.230. The maximum atomic E-state index is 13.6. The summed E-state index contributed by atoms with van der Waals surface area (Å²) >= 11 is 0. The minimum atomic E-state index is -3.73. The molecule has 180 valence electrons. The summed E-state index contributed by atoms with van der Waals surface area (Å²) in [6.45, 7) is 1.68. The molecule has 2 heterocycles. The number of anilines is 1. The highest BCUT2D eigenvalue weighted by atomic mass is 32.2. The van der Waals surface area contributed by atoms with Crippen molar-refractivity contribution in [3.63, 3.8) is 0 Å². The van der Waals surface area contributed by atoms with Crippen molar-refractivity contribution < 1.29 is 23.2 Å². The Morgan fingerprint density at radius 2 is 1.82 bits per heavy atom. The van der Waals surface area contributed by atoms with Crippen LogP contribution in [0.5, 0.6) is 0 Å². The minimum Gasteiger partial charge on any atom is -0.383 e. The van der Waals surface area contributed by atoms with Crippen molar-refractivity contribution in [2.24, 2.45) is 0 Å². The summed E-state index contributed by atoms with van der Waals surface area (Å²) in [5, 5.41) is 10.6. The number of rotatable bonds is 8. The molecule has 1 saturated heterocycles. The first kappa shape index (κ1) is 24.0. The smallest absolute Gasteiger partial charge is 0.277 e. The molecule has 1 aliphatic heterocycles. The number of sulfonamides is 1. The van der Waals surface area contributed by atoms with Crippen molar-refractivity contribution in [3.05, 3.63) is 60.4 Å². The highest BCUT2D eigenvalue weighted by molar-refractivity contribution is 7.89. The third-order valence-electron chi connectivity index (χ3n) is 6.00. The second kappa shape index (κ2) is 10.4. The number of hydrogen-bond donors (Lipinski definition) is 2. The van der Waals surface area contributed by atoms with Gasteiger partial charge in [0.25, 0.3) is 5.91 Å². The molecular weight excluding hydrogens is 458 g/mol. The maximum Gasteiger partial charge on any atom is 0.277 e. The summed E-state index contributed by atoms with van der Waals surface area (Å²) in [5.41, 5.74) is 1.69. The van der Waals surface area contributed by atoms with Crippen molar-refractivity contribution >= 4 is 32.7 Å². The monoisotopic (exact) mass is 485 g/mol. The van der Waals surface area contributed by atoms with E-state index in [0.717, 1.165) is 10.8 Å². The van der Waals surface area contributed by atoms with E-state index in [1.54, 1.807) is 29.0 Å². The average Bonchev–Trinajstić information content (AvgIpc) is 2.88. The molecular formula is C23H27N5O5S. The second-order valence-corrected chi connectivity index (χ2v) is 9.94. The lowest BCUT2D eigenvalue weighted by Gasteiger charge is -2.37. The van der Waals surface area contributed by atoms with Crippen molar-refractivity contribution in [2.75, 3.05) is 38.3 Å². The van der Waals surface area contributed by atoms with Gasteiger partial charge in [-0.05, 0) is 35.7 Å². The fourth-order valence-corrected chi connectivity index (χ4v) is 5.87. The van der Waals surface area contributed by atoms with Crippen LogP contribution in [0.3, 0.4) is 0 Å². The fourth-order valence-electron chi connectivity index (χ4n) is 4.16. The van der Waals surface area contributed by atoms with Crippen LogP contribution in [0, 0.1) is 0 Å². The number of ether oxygens (including phenoxy) is 1. The largest absolute Gasteiger partial charge is 0.383 e. The average molecular weight is 486 g/mol. The van der Waals surface area contributed by atoms with E-state index in [9.17, 15) is 13.2 Å². The molecule has 3 aromatic rings. The van der Waals surface area contributed by atoms with Crippen LogP contribution >= 0.6 is 0 Å². The summed E-state index contributed by atoms with van der Waals surface area (Å²) in [4.78, 5) is 22.1. The van der Waals surface area contributed by atoms with Gasteiger partial charge in [0.2, 0.25) is 16.0 Å². The van der Waals surface area contributed by atoms with E-state index in [0.29, 0.717) is 38.5 Å². The van der Waals surface area contributed by atoms with Crippen molar-refractivity contribution in [3.8, 4) is 0 Å². The Hall–Kier alpha value is -3.12. The zero-order valence-electron chi connectivity index (χ0n) is 18.8. The third kappa shape index (κ3) is 5.02. The molecule has 34 heavy (non-hydrogen) atoms. The van der Waals surface area contributed by atoms with Gasteiger partial charge in [-0.15, -0.1) is 0 Å². The van der Waals surface area contributed by atoms with Gasteiger partial charge in [0.05, 0.1) is 17.1 Å². The molecule has 2 N–H and O–H groups in total. The van der Waals surface area contributed by atoms with Gasteiger partial charge in [0.1, 0.15) is 0 Å². The fraction of sp³-hybridized carbons (Fsp3) is 0.348. The first-order chi connectivity index (χ1) is 16.4. The van der Waals surface area contributed by atoms with E-state index in [2.05, 4.69) is 9.97 Å². The quantitative estimate of drug-likeness (QED) is 0.367. The summed E-state index contributed by atoms with van der Waals surface area (Å²) in [7, 11) is -2.17. The van der Waals surface area contributed by atoms with Crippen LogP contribution in [0.4, 0.5) is 5.95 Å². The van der Waals surface area contributed by atoms with Crippen molar-refractivity contribution in [2.45, 2.75) is 23.8 Å². The van der Waals surface area contributed by atoms with Crippen LogP contribution in [-0.2, 0) is 14.8 Å². The zero-order valence-corrected chi connectivity index (χ0v) is 19.6. The van der Waals surface area contributed by atoms with Gasteiger partial charge in [-0.25, -0.2) is 23.9 Å². The number of hydrogen-bond acceptors (Lipinski definition) is 8. The van der Waals surface area contributed by atoms with E-state index in [1.807, 2.05) is 35.2 Å². The van der Waals surface area contributed by atoms with Gasteiger partial charge in [-0.3, -0.25) is 10.0 Å². The van der Waals surface area contributed by atoms with Gasteiger partial charge in [0.15, 0.2) is 0 Å². The minimum absolute atomic E-state index is 0.147. The molecule has 4 rings (SSSR count). The topological polar surface area (TPSA) is 125 Å². The van der Waals surface area contributed by atoms with Gasteiger partial charge < -0.3 is 9.64 Å². The number of aromatic nitrogens is 2. The van der Waals surface area contributed by atoms with E-state index in [-0.39, 0.29) is 23.0 Å². The van der Waals surface area contributed by atoms with Gasteiger partial charge >= 0.3 is 0 Å². The lowest BCUT2D eigenvalue weighted by Crippen LogP contribution is -2.48. The molecule has 1 fully saturated rings. The second-order valence-electron chi connectivity index (χ2n) is 8.05. The SMILES string of the molecule is COCCN(C1CCN(c2ncc(C(=O)NO)cn2)CC1)S(=O)(=O)c1ccc2ccccc2c1. The number of hydroxylamine groups is 1. The number of fused-ring (bicyclic) bond motifs is 1. The van der Waals surface area contributed by atoms with Crippen LogP contribution in [0.2, 0.25) is 0 Å². The van der Waals surface area contributed by atoms with Crippen LogP contribution in [-0.4, -0.2) is 73.2 Å². The summed E-state index contributed by atoms with van der Waals surface area (Å²) in [6.07, 6.45) is 3.88. The van der Waals surface area contributed by atoms with Crippen LogP contribution in [0.15, 0.2) is 59.8 Å². The van der Waals surface area contributed by atoms with Gasteiger partial charge in [0, 0.05) is 45.2 Å². The highest BCUT2D eigenvalue weighted by Crippen LogP contribution is 2.27. The Morgan fingerprint density at radius 3 is 2.47 bits per heavy atom. The Morgan fingerprint density at radius 1 is 1.15 bits per heavy atom. The molecule has 1 aromatic heterocycles. The number of carbonyl (C=O) groups excluding carboxylic acids is 1. The number of amides is 1. The molecule has 2 aromatic carbocycles. The highest BCUT2D eigenvalue weighted by Gasteiger charge is 2.34. The molecule has 1 aliphatic rings. The number of nitrogens with one attached hydrogen (secondary N) is 1. The van der Waals surface area contributed by atoms with E-state index in [1.165, 1.54) is 12.4 Å². The van der Waals surface area contributed by atoms with Crippen molar-refractivity contribution in [1.82, 2.24) is 19.8 Å². The van der Waals surface area contributed by atoms with Crippen LogP contribution in [0.1, 0.15) is 23.2 Å². The first-order valence-electron chi connectivity index (χ1n) is 10.9. The molecule has 0 radical (unpaired) electrons. The lowest BCUT2D eigenvalue weighted by molar-refractivity contribution is 0.0705. The molecule has 0 saturated carbocycles. The molecule has 0 bridgehead atoms. The third-order valence-corrected chi connectivity index (χ3v) is 7.95. The molecule has 0 aliphatic carbocycles. The first-order valence-corrected chi connectivity index (χ1v) is 12.4. The Kier molecular flexibility index (Phi) is 7.37. The predicted octanol–water partition coefficient (Wildman–Crippen LogP) is 2.05.